The molecule has 2 fully saturated rings. The Morgan fingerprint density at radius 3 is 2.13 bits per heavy atom. The maximum Gasteiger partial charge on any atom is 0.261 e. The molecule has 0 radical (unpaired) electrons. The molecule has 3 aromatic rings. The lowest BCUT2D eigenvalue weighted by Gasteiger charge is -2.44. The highest BCUT2D eigenvalue weighted by atomic mass is 28.4. The van der Waals surface area contributed by atoms with Crippen LogP contribution >= 0.6 is 0 Å². The first-order valence-electron chi connectivity index (χ1n) is 13.7. The van der Waals surface area contributed by atoms with E-state index in [4.69, 9.17) is 23.4 Å². The first-order valence-corrected chi connectivity index (χ1v) is 15.6. The molecule has 1 N–H and O–H groups in total. The molecule has 39 heavy (non-hydrogen) atoms. The molecule has 0 saturated carbocycles. The van der Waals surface area contributed by atoms with Crippen LogP contribution in [0.15, 0.2) is 72.8 Å². The van der Waals surface area contributed by atoms with E-state index in [0.717, 1.165) is 16.7 Å². The summed E-state index contributed by atoms with van der Waals surface area (Å²) in [6.07, 6.45) is -1.61. The highest BCUT2D eigenvalue weighted by Gasteiger charge is 2.68. The smallest absolute Gasteiger partial charge is 0.261 e. The number of ether oxygens (including phenoxy) is 4. The number of hydrogen-bond acceptors (Lipinski definition) is 6. The number of aryl methyl sites for hydroxylation is 1. The van der Waals surface area contributed by atoms with Crippen molar-refractivity contribution < 1.29 is 28.5 Å². The highest BCUT2D eigenvalue weighted by Crippen LogP contribution is 2.56. The third-order valence-electron chi connectivity index (χ3n) is 8.49. The van der Waals surface area contributed by atoms with Gasteiger partial charge in [0.1, 0.15) is 18.0 Å². The van der Waals surface area contributed by atoms with Crippen LogP contribution in [0.4, 0.5) is 0 Å². The summed E-state index contributed by atoms with van der Waals surface area (Å²) >= 11 is 0. The van der Waals surface area contributed by atoms with E-state index in [1.54, 1.807) is 0 Å². The predicted molar refractivity (Wildman–Crippen MR) is 152 cm³/mol. The van der Waals surface area contributed by atoms with Gasteiger partial charge in [-0.3, -0.25) is 0 Å². The van der Waals surface area contributed by atoms with Crippen LogP contribution in [0.1, 0.15) is 51.3 Å². The van der Waals surface area contributed by atoms with Crippen LogP contribution in [0.5, 0.6) is 5.75 Å². The Hall–Kier alpha value is -2.52. The summed E-state index contributed by atoms with van der Waals surface area (Å²) in [6.45, 7) is 13.0. The van der Waals surface area contributed by atoms with Crippen molar-refractivity contribution in [2.24, 2.45) is 0 Å². The summed E-state index contributed by atoms with van der Waals surface area (Å²) in [6, 6.07) is 25.1. The molecule has 3 aliphatic rings. The van der Waals surface area contributed by atoms with E-state index in [-0.39, 0.29) is 24.0 Å². The number of benzene rings is 3. The summed E-state index contributed by atoms with van der Waals surface area (Å²) in [5.41, 5.74) is 1.51. The number of phenols is 1. The maximum absolute atomic E-state index is 10.9. The van der Waals surface area contributed by atoms with Crippen molar-refractivity contribution in [3.8, 4) is 5.75 Å². The van der Waals surface area contributed by atoms with Crippen molar-refractivity contribution in [1.29, 1.82) is 0 Å². The molecule has 3 aromatic carbocycles. The molecule has 1 spiro atoms. The number of aromatic hydroxyl groups is 1. The third-order valence-corrected chi connectivity index (χ3v) is 13.5. The van der Waals surface area contributed by atoms with Crippen LogP contribution < -0.4 is 10.4 Å². The van der Waals surface area contributed by atoms with Crippen molar-refractivity contribution in [2.75, 3.05) is 6.61 Å². The zero-order chi connectivity index (χ0) is 27.6. The molecule has 4 atom stereocenters. The molecule has 206 valence electrons. The summed E-state index contributed by atoms with van der Waals surface area (Å²) in [5.74, 6) is -0.553. The zero-order valence-corrected chi connectivity index (χ0v) is 24.6. The fraction of sp³-hybridized carbons (Fsp3) is 0.438. The van der Waals surface area contributed by atoms with Crippen LogP contribution in [0.3, 0.4) is 0 Å². The van der Waals surface area contributed by atoms with Crippen molar-refractivity contribution in [1.82, 2.24) is 0 Å². The Labute approximate surface area is 232 Å². The number of fused-ring (bicyclic) bond motifs is 4. The van der Waals surface area contributed by atoms with E-state index in [9.17, 15) is 5.11 Å². The van der Waals surface area contributed by atoms with Gasteiger partial charge in [0, 0.05) is 5.56 Å². The van der Waals surface area contributed by atoms with Crippen LogP contribution in [0.25, 0.3) is 0 Å². The second-order valence-corrected chi connectivity index (χ2v) is 16.7. The van der Waals surface area contributed by atoms with Crippen LogP contribution in [0, 0.1) is 6.92 Å². The van der Waals surface area contributed by atoms with Gasteiger partial charge in [-0.1, -0.05) is 93.6 Å². The molecule has 7 heteroatoms. The Morgan fingerprint density at radius 2 is 1.54 bits per heavy atom. The normalized spacial score (nSPS) is 27.6. The van der Waals surface area contributed by atoms with Crippen molar-refractivity contribution in [2.45, 2.75) is 83.1 Å². The standard InChI is InChI=1S/C32H38O6Si/c1-21-17-18-25-24(27(21)33)19-34-32(25)26(36-29-28(32)37-31(5,6)38-29)20-35-39(30(2,3)4,22-13-9-7-10-14-22)23-15-11-8-12-16-23/h7-18,26,28-29,33H,19-20H2,1-6H3/t26-,28-,29+,32+/m1/s1. The first-order chi connectivity index (χ1) is 18.5. The van der Waals surface area contributed by atoms with Gasteiger partial charge in [0.2, 0.25) is 0 Å². The molecule has 3 aliphatic heterocycles. The number of hydrogen-bond donors (Lipinski definition) is 1. The van der Waals surface area contributed by atoms with Crippen molar-refractivity contribution in [3.63, 3.8) is 0 Å². The van der Waals surface area contributed by atoms with Crippen molar-refractivity contribution in [3.05, 3.63) is 89.5 Å². The van der Waals surface area contributed by atoms with E-state index < -0.39 is 38.2 Å². The van der Waals surface area contributed by atoms with E-state index in [1.807, 2.05) is 45.0 Å². The van der Waals surface area contributed by atoms with E-state index in [1.165, 1.54) is 10.4 Å². The molecule has 3 heterocycles. The lowest BCUT2D eigenvalue weighted by Crippen LogP contribution is -2.67. The Morgan fingerprint density at radius 1 is 0.923 bits per heavy atom. The van der Waals surface area contributed by atoms with Gasteiger partial charge >= 0.3 is 0 Å². The van der Waals surface area contributed by atoms with Gasteiger partial charge in [0.05, 0.1) is 13.2 Å². The third kappa shape index (κ3) is 4.02. The molecule has 0 aromatic heterocycles. The molecule has 0 unspecified atom stereocenters. The fourth-order valence-electron chi connectivity index (χ4n) is 6.73. The second-order valence-electron chi connectivity index (χ2n) is 12.4. The zero-order valence-electron chi connectivity index (χ0n) is 23.6. The topological polar surface area (TPSA) is 66.4 Å². The molecule has 0 amide bonds. The monoisotopic (exact) mass is 546 g/mol. The molecule has 2 saturated heterocycles. The van der Waals surface area contributed by atoms with Gasteiger partial charge in [0.15, 0.2) is 17.7 Å². The van der Waals surface area contributed by atoms with E-state index in [2.05, 4.69) is 69.3 Å². The average molecular weight is 547 g/mol. The minimum Gasteiger partial charge on any atom is -0.507 e. The Bertz CT molecular complexity index is 1310. The lowest BCUT2D eigenvalue weighted by atomic mass is 9.83. The summed E-state index contributed by atoms with van der Waals surface area (Å²) in [5, 5.41) is 13.2. The van der Waals surface area contributed by atoms with Crippen LogP contribution in [0.2, 0.25) is 5.04 Å². The molecule has 6 rings (SSSR count). The van der Waals surface area contributed by atoms with Crippen LogP contribution in [-0.2, 0) is 35.6 Å². The molecular formula is C32H38O6Si. The SMILES string of the molecule is Cc1ccc2c(c1O)CO[C@@]21[C@@H]2OC(C)(C)O[C@@H]2O[C@@H]1CO[Si](c1ccccc1)(c1ccccc1)C(C)(C)C. The minimum atomic E-state index is -2.83. The summed E-state index contributed by atoms with van der Waals surface area (Å²) in [7, 11) is -2.83. The number of phenolic OH excluding ortho intramolecular Hbond substituents is 1. The largest absolute Gasteiger partial charge is 0.507 e. The maximum atomic E-state index is 10.9. The van der Waals surface area contributed by atoms with Gasteiger partial charge in [-0.05, 0) is 47.3 Å². The molecule has 0 aliphatic carbocycles. The summed E-state index contributed by atoms with van der Waals surface area (Å²) in [4.78, 5) is 0. The summed E-state index contributed by atoms with van der Waals surface area (Å²) < 4.78 is 33.2. The van der Waals surface area contributed by atoms with Gasteiger partial charge in [-0.2, -0.15) is 0 Å². The van der Waals surface area contributed by atoms with Gasteiger partial charge in [-0.15, -0.1) is 0 Å². The fourth-order valence-corrected chi connectivity index (χ4v) is 11.3. The Balaban J connectivity index is 1.45. The lowest BCUT2D eigenvalue weighted by molar-refractivity contribution is -0.241. The predicted octanol–water partition coefficient (Wildman–Crippen LogP) is 4.88. The molecular weight excluding hydrogens is 508 g/mol. The molecule has 0 bridgehead atoms. The van der Waals surface area contributed by atoms with Crippen molar-refractivity contribution >= 4 is 18.7 Å². The Kier molecular flexibility index (Phi) is 6.34. The van der Waals surface area contributed by atoms with Gasteiger partial charge in [-0.25, -0.2) is 0 Å². The molecule has 6 nitrogen and oxygen atoms in total. The second kappa shape index (κ2) is 9.26. The first kappa shape index (κ1) is 26.7. The minimum absolute atomic E-state index is 0.184. The number of rotatable bonds is 5. The average Bonchev–Trinajstić information content (AvgIpc) is 3.52. The van der Waals surface area contributed by atoms with E-state index >= 15 is 0 Å². The quantitative estimate of drug-likeness (QED) is 0.460. The highest BCUT2D eigenvalue weighted by molar-refractivity contribution is 6.99. The van der Waals surface area contributed by atoms with Gasteiger partial charge < -0.3 is 28.5 Å². The van der Waals surface area contributed by atoms with Gasteiger partial charge in [0.25, 0.3) is 8.32 Å². The van der Waals surface area contributed by atoms with Crippen LogP contribution in [-0.4, -0.2) is 44.3 Å². The van der Waals surface area contributed by atoms with E-state index in [0.29, 0.717) is 0 Å².